The van der Waals surface area contributed by atoms with Crippen molar-refractivity contribution in [2.45, 2.75) is 6.18 Å². The molecule has 16 heavy (non-hydrogen) atoms. The third-order valence-corrected chi connectivity index (χ3v) is 2.22. The lowest BCUT2D eigenvalue weighted by atomic mass is 10.3. The Morgan fingerprint density at radius 2 is 2.00 bits per heavy atom. The van der Waals surface area contributed by atoms with Crippen molar-refractivity contribution in [1.82, 2.24) is 4.98 Å². The second-order valence-corrected chi connectivity index (χ2v) is 4.09. The third kappa shape index (κ3) is 4.12. The Labute approximate surface area is 104 Å². The highest BCUT2D eigenvalue weighted by atomic mass is 127. The van der Waals surface area contributed by atoms with Gasteiger partial charge in [-0.05, 0) is 28.7 Å². The summed E-state index contributed by atoms with van der Waals surface area (Å²) in [7, 11) is 1.48. The van der Waals surface area contributed by atoms with E-state index in [9.17, 15) is 13.2 Å². The lowest BCUT2D eigenvalue weighted by Gasteiger charge is -2.09. The number of rotatable bonds is 4. The number of aromatic nitrogens is 1. The predicted molar refractivity (Wildman–Crippen MR) is 59.3 cm³/mol. The maximum Gasteiger partial charge on any atom is 0.433 e. The maximum absolute atomic E-state index is 12.4. The first kappa shape index (κ1) is 13.5. The molecule has 1 rings (SSSR count). The van der Waals surface area contributed by atoms with Gasteiger partial charge in [0.1, 0.15) is 12.3 Å². The van der Waals surface area contributed by atoms with E-state index in [0.29, 0.717) is 10.2 Å². The molecule has 0 saturated heterocycles. The van der Waals surface area contributed by atoms with Crippen LogP contribution in [0.4, 0.5) is 13.2 Å². The van der Waals surface area contributed by atoms with E-state index in [4.69, 9.17) is 9.47 Å². The third-order valence-electron chi connectivity index (χ3n) is 1.59. The van der Waals surface area contributed by atoms with Gasteiger partial charge in [-0.1, -0.05) is 0 Å². The van der Waals surface area contributed by atoms with Crippen LogP contribution in [-0.2, 0) is 10.9 Å². The van der Waals surface area contributed by atoms with E-state index in [0.717, 1.165) is 6.07 Å². The summed E-state index contributed by atoms with van der Waals surface area (Å²) in [6, 6.07) is 2.40. The molecule has 0 aliphatic carbocycles. The topological polar surface area (TPSA) is 31.4 Å². The molecule has 0 aromatic carbocycles. The van der Waals surface area contributed by atoms with Crippen LogP contribution in [0.5, 0.6) is 5.88 Å². The molecule has 0 aliphatic rings. The van der Waals surface area contributed by atoms with Gasteiger partial charge in [-0.15, -0.1) is 0 Å². The minimum atomic E-state index is -4.46. The fraction of sp³-hybridized carbons (Fsp3) is 0.444. The van der Waals surface area contributed by atoms with E-state index in [-0.39, 0.29) is 12.5 Å². The average Bonchev–Trinajstić information content (AvgIpc) is 2.16. The molecule has 0 radical (unpaired) electrons. The summed E-state index contributed by atoms with van der Waals surface area (Å²) in [6.07, 6.45) is -4.46. The lowest BCUT2D eigenvalue weighted by molar-refractivity contribution is -0.141. The molecule has 0 amide bonds. The SMILES string of the molecule is COCCOc1cc(I)cc(C(F)(F)F)n1. The van der Waals surface area contributed by atoms with Crippen molar-refractivity contribution in [3.8, 4) is 5.88 Å². The van der Waals surface area contributed by atoms with Crippen LogP contribution in [0.25, 0.3) is 0 Å². The van der Waals surface area contributed by atoms with Gasteiger partial charge >= 0.3 is 6.18 Å². The normalized spacial score (nSPS) is 11.6. The largest absolute Gasteiger partial charge is 0.475 e. The summed E-state index contributed by atoms with van der Waals surface area (Å²) in [5.41, 5.74) is -0.952. The first-order valence-electron chi connectivity index (χ1n) is 4.30. The van der Waals surface area contributed by atoms with E-state index >= 15 is 0 Å². The van der Waals surface area contributed by atoms with Crippen molar-refractivity contribution in [3.05, 3.63) is 21.4 Å². The molecular formula is C9H9F3INO2. The molecule has 1 heterocycles. The standard InChI is InChI=1S/C9H9F3INO2/c1-15-2-3-16-8-5-6(13)4-7(14-8)9(10,11)12/h4-5H,2-3H2,1H3. The quantitative estimate of drug-likeness (QED) is 0.620. The molecule has 1 aromatic heterocycles. The zero-order valence-electron chi connectivity index (χ0n) is 8.34. The van der Waals surface area contributed by atoms with Gasteiger partial charge in [-0.2, -0.15) is 13.2 Å². The Balaban J connectivity index is 2.82. The number of halogens is 4. The smallest absolute Gasteiger partial charge is 0.433 e. The van der Waals surface area contributed by atoms with Crippen LogP contribution in [-0.4, -0.2) is 25.3 Å². The van der Waals surface area contributed by atoms with Crippen LogP contribution in [0, 0.1) is 3.57 Å². The summed E-state index contributed by atoms with van der Waals surface area (Å²) in [5.74, 6) is -0.0451. The van der Waals surface area contributed by atoms with Gasteiger partial charge < -0.3 is 9.47 Å². The second-order valence-electron chi connectivity index (χ2n) is 2.85. The van der Waals surface area contributed by atoms with Crippen LogP contribution in [0.15, 0.2) is 12.1 Å². The first-order chi connectivity index (χ1) is 7.43. The Morgan fingerprint density at radius 3 is 2.56 bits per heavy atom. The summed E-state index contributed by atoms with van der Waals surface area (Å²) in [4.78, 5) is 3.37. The second kappa shape index (κ2) is 5.67. The number of ether oxygens (including phenoxy) is 2. The number of hydrogen-bond donors (Lipinski definition) is 0. The average molecular weight is 347 g/mol. The molecule has 0 bridgehead atoms. The van der Waals surface area contributed by atoms with Crippen molar-refractivity contribution < 1.29 is 22.6 Å². The van der Waals surface area contributed by atoms with Crippen LogP contribution in [0.3, 0.4) is 0 Å². The Bertz CT molecular complexity index is 357. The van der Waals surface area contributed by atoms with Crippen LogP contribution >= 0.6 is 22.6 Å². The minimum absolute atomic E-state index is 0.0451. The fourth-order valence-electron chi connectivity index (χ4n) is 0.922. The highest BCUT2D eigenvalue weighted by molar-refractivity contribution is 14.1. The van der Waals surface area contributed by atoms with E-state index in [2.05, 4.69) is 4.98 Å². The molecule has 1 aromatic rings. The molecule has 0 unspecified atom stereocenters. The summed E-state index contributed by atoms with van der Waals surface area (Å²) in [5, 5.41) is 0. The highest BCUT2D eigenvalue weighted by Crippen LogP contribution is 2.30. The van der Waals surface area contributed by atoms with Crippen molar-refractivity contribution in [3.63, 3.8) is 0 Å². The van der Waals surface area contributed by atoms with Crippen molar-refractivity contribution in [2.75, 3.05) is 20.3 Å². The molecule has 0 aliphatic heterocycles. The maximum atomic E-state index is 12.4. The summed E-state index contributed by atoms with van der Waals surface area (Å²) >= 11 is 1.78. The van der Waals surface area contributed by atoms with Crippen LogP contribution in [0.1, 0.15) is 5.69 Å². The van der Waals surface area contributed by atoms with Gasteiger partial charge in [-0.25, -0.2) is 4.98 Å². The molecule has 0 atom stereocenters. The first-order valence-corrected chi connectivity index (χ1v) is 5.38. The number of alkyl halides is 3. The number of methoxy groups -OCH3 is 1. The summed E-state index contributed by atoms with van der Waals surface area (Å²) in [6.45, 7) is 0.468. The Hall–Kier alpha value is -0.570. The van der Waals surface area contributed by atoms with Gasteiger partial charge in [0.2, 0.25) is 5.88 Å². The van der Waals surface area contributed by atoms with Gasteiger partial charge in [0.25, 0.3) is 0 Å². The lowest BCUT2D eigenvalue weighted by Crippen LogP contribution is -2.11. The molecule has 3 nitrogen and oxygen atoms in total. The van der Waals surface area contributed by atoms with Crippen molar-refractivity contribution >= 4 is 22.6 Å². The molecule has 7 heteroatoms. The molecule has 90 valence electrons. The molecule has 0 spiro atoms. The van der Waals surface area contributed by atoms with Gasteiger partial charge in [0.15, 0.2) is 0 Å². The fourth-order valence-corrected chi connectivity index (χ4v) is 1.48. The van der Waals surface area contributed by atoms with Crippen molar-refractivity contribution in [2.24, 2.45) is 0 Å². The van der Waals surface area contributed by atoms with Crippen molar-refractivity contribution in [1.29, 1.82) is 0 Å². The van der Waals surface area contributed by atoms with E-state index in [1.165, 1.54) is 13.2 Å². The van der Waals surface area contributed by atoms with E-state index < -0.39 is 11.9 Å². The molecule has 0 saturated carbocycles. The van der Waals surface area contributed by atoms with Gasteiger partial charge in [0.05, 0.1) is 6.61 Å². The molecule has 0 fully saturated rings. The summed E-state index contributed by atoms with van der Waals surface area (Å²) < 4.78 is 47.3. The highest BCUT2D eigenvalue weighted by Gasteiger charge is 2.33. The predicted octanol–water partition coefficient (Wildman–Crippen LogP) is 2.73. The zero-order chi connectivity index (χ0) is 12.2. The zero-order valence-corrected chi connectivity index (χ0v) is 10.5. The Morgan fingerprint density at radius 1 is 1.31 bits per heavy atom. The number of nitrogens with zero attached hydrogens (tertiary/aromatic N) is 1. The van der Waals surface area contributed by atoms with Crippen LogP contribution in [0.2, 0.25) is 0 Å². The Kier molecular flexibility index (Phi) is 4.78. The van der Waals surface area contributed by atoms with Crippen LogP contribution < -0.4 is 4.74 Å². The van der Waals surface area contributed by atoms with Gasteiger partial charge in [0, 0.05) is 16.7 Å². The van der Waals surface area contributed by atoms with E-state index in [1.807, 2.05) is 0 Å². The molecule has 0 N–H and O–H groups in total. The minimum Gasteiger partial charge on any atom is -0.475 e. The van der Waals surface area contributed by atoms with E-state index in [1.54, 1.807) is 22.6 Å². The monoisotopic (exact) mass is 347 g/mol. The number of hydrogen-bond acceptors (Lipinski definition) is 3. The number of pyridine rings is 1. The molecular weight excluding hydrogens is 338 g/mol. The van der Waals surface area contributed by atoms with Gasteiger partial charge in [-0.3, -0.25) is 0 Å².